The number of hydrogen-bond acceptors (Lipinski definition) is 4. The third kappa shape index (κ3) is 5.13. The molecule has 0 bridgehead atoms. The summed E-state index contributed by atoms with van der Waals surface area (Å²) in [6, 6.07) is 9.78. The van der Waals surface area contributed by atoms with Crippen molar-refractivity contribution in [2.24, 2.45) is 0 Å². The maximum Gasteiger partial charge on any atom is 0.258 e. The van der Waals surface area contributed by atoms with Crippen LogP contribution in [0.25, 0.3) is 0 Å². The first kappa shape index (κ1) is 18.1. The van der Waals surface area contributed by atoms with Gasteiger partial charge in [0.15, 0.2) is 6.61 Å². The molecule has 0 spiro atoms. The van der Waals surface area contributed by atoms with Gasteiger partial charge in [-0.15, -0.1) is 0 Å². The normalized spacial score (nSPS) is 12.2. The van der Waals surface area contributed by atoms with Gasteiger partial charge in [0, 0.05) is 6.54 Å². The zero-order valence-corrected chi connectivity index (χ0v) is 15.1. The average Bonchev–Trinajstić information content (AvgIpc) is 2.90. The van der Waals surface area contributed by atoms with Gasteiger partial charge < -0.3 is 14.5 Å². The number of ether oxygens (including phenoxy) is 1. The standard InChI is InChI=1S/C19H26N2O3/c1-13-8-14(2)10-16(9-13)23-12-19(22)20-11-17(21(4)5)18-7-6-15(3)24-18/h6-10,17H,11-12H2,1-5H3,(H,20,22). The van der Waals surface area contributed by atoms with E-state index in [2.05, 4.69) is 11.4 Å². The van der Waals surface area contributed by atoms with E-state index in [9.17, 15) is 4.79 Å². The predicted octanol–water partition coefficient (Wildman–Crippen LogP) is 3.00. The number of hydrogen-bond donors (Lipinski definition) is 1. The van der Waals surface area contributed by atoms with Gasteiger partial charge in [0.1, 0.15) is 17.3 Å². The number of furan rings is 1. The number of amides is 1. The van der Waals surface area contributed by atoms with Crippen molar-refractivity contribution in [1.29, 1.82) is 0 Å². The number of carbonyl (C=O) groups is 1. The maximum absolute atomic E-state index is 12.1. The Hall–Kier alpha value is -2.27. The highest BCUT2D eigenvalue weighted by Crippen LogP contribution is 2.20. The minimum absolute atomic E-state index is 0.000223. The molecule has 1 N–H and O–H groups in total. The van der Waals surface area contributed by atoms with E-state index in [4.69, 9.17) is 9.15 Å². The second-order valence-corrected chi connectivity index (χ2v) is 6.34. The van der Waals surface area contributed by atoms with Crippen LogP contribution in [0.2, 0.25) is 0 Å². The summed E-state index contributed by atoms with van der Waals surface area (Å²) in [4.78, 5) is 14.1. The van der Waals surface area contributed by atoms with Crippen LogP contribution in [0.5, 0.6) is 5.75 Å². The summed E-state index contributed by atoms with van der Waals surface area (Å²) in [6.45, 7) is 6.39. The highest BCUT2D eigenvalue weighted by atomic mass is 16.5. The first-order chi connectivity index (χ1) is 11.3. The quantitative estimate of drug-likeness (QED) is 0.848. The third-order valence-corrected chi connectivity index (χ3v) is 3.77. The lowest BCUT2D eigenvalue weighted by atomic mass is 10.1. The second kappa shape index (κ2) is 8.02. The zero-order valence-electron chi connectivity index (χ0n) is 15.1. The van der Waals surface area contributed by atoms with Crippen molar-refractivity contribution in [3.8, 4) is 5.75 Å². The minimum Gasteiger partial charge on any atom is -0.484 e. The monoisotopic (exact) mass is 330 g/mol. The van der Waals surface area contributed by atoms with E-state index >= 15 is 0 Å². The van der Waals surface area contributed by atoms with Gasteiger partial charge >= 0.3 is 0 Å². The predicted molar refractivity (Wildman–Crippen MR) is 94.3 cm³/mol. The van der Waals surface area contributed by atoms with Gasteiger partial charge in [0.2, 0.25) is 0 Å². The summed E-state index contributed by atoms with van der Waals surface area (Å²) >= 11 is 0. The minimum atomic E-state index is -0.149. The lowest BCUT2D eigenvalue weighted by Crippen LogP contribution is -2.36. The largest absolute Gasteiger partial charge is 0.484 e. The number of rotatable bonds is 7. The van der Waals surface area contributed by atoms with Gasteiger partial charge in [-0.2, -0.15) is 0 Å². The molecule has 0 saturated heterocycles. The van der Waals surface area contributed by atoms with E-state index in [0.717, 1.165) is 22.6 Å². The molecular formula is C19H26N2O3. The van der Waals surface area contributed by atoms with Crippen LogP contribution in [0.4, 0.5) is 0 Å². The van der Waals surface area contributed by atoms with Crippen molar-refractivity contribution >= 4 is 5.91 Å². The summed E-state index contributed by atoms with van der Waals surface area (Å²) in [5.74, 6) is 2.27. The number of nitrogens with zero attached hydrogens (tertiary/aromatic N) is 1. The van der Waals surface area contributed by atoms with Crippen molar-refractivity contribution < 1.29 is 13.9 Å². The number of nitrogens with one attached hydrogen (secondary N) is 1. The lowest BCUT2D eigenvalue weighted by Gasteiger charge is -2.22. The van der Waals surface area contributed by atoms with Crippen LogP contribution in [0.1, 0.15) is 28.7 Å². The summed E-state index contributed by atoms with van der Waals surface area (Å²) in [5.41, 5.74) is 2.23. The number of aryl methyl sites for hydroxylation is 3. The van der Waals surface area contributed by atoms with Gasteiger partial charge in [0.05, 0.1) is 6.04 Å². The Morgan fingerprint density at radius 3 is 2.38 bits per heavy atom. The molecule has 5 nitrogen and oxygen atoms in total. The van der Waals surface area contributed by atoms with Crippen LogP contribution in [0.15, 0.2) is 34.7 Å². The Balaban J connectivity index is 1.87. The molecule has 0 saturated carbocycles. The summed E-state index contributed by atoms with van der Waals surface area (Å²) < 4.78 is 11.3. The lowest BCUT2D eigenvalue weighted by molar-refractivity contribution is -0.123. The molecule has 1 atom stereocenters. The first-order valence-electron chi connectivity index (χ1n) is 8.05. The van der Waals surface area contributed by atoms with Gasteiger partial charge in [0.25, 0.3) is 5.91 Å². The van der Waals surface area contributed by atoms with E-state index < -0.39 is 0 Å². The molecule has 0 radical (unpaired) electrons. The van der Waals surface area contributed by atoms with Crippen LogP contribution < -0.4 is 10.1 Å². The highest BCUT2D eigenvalue weighted by molar-refractivity contribution is 5.77. The van der Waals surface area contributed by atoms with E-state index in [0.29, 0.717) is 12.3 Å². The fourth-order valence-corrected chi connectivity index (χ4v) is 2.60. The second-order valence-electron chi connectivity index (χ2n) is 6.34. The summed E-state index contributed by atoms with van der Waals surface area (Å²) in [5, 5.41) is 2.91. The third-order valence-electron chi connectivity index (χ3n) is 3.77. The molecule has 2 rings (SSSR count). The summed E-state index contributed by atoms with van der Waals surface area (Å²) in [6.07, 6.45) is 0. The number of carbonyl (C=O) groups excluding carboxylic acids is 1. The van der Waals surface area contributed by atoms with Crippen molar-refractivity contribution in [3.63, 3.8) is 0 Å². The zero-order chi connectivity index (χ0) is 17.7. The molecule has 130 valence electrons. The van der Waals surface area contributed by atoms with E-state index in [-0.39, 0.29) is 18.6 Å². The molecule has 0 aliphatic heterocycles. The molecule has 1 aromatic heterocycles. The molecule has 1 aromatic carbocycles. The van der Waals surface area contributed by atoms with Crippen molar-refractivity contribution in [3.05, 3.63) is 53.0 Å². The SMILES string of the molecule is Cc1cc(C)cc(OCC(=O)NCC(c2ccc(C)o2)N(C)C)c1. The first-order valence-corrected chi connectivity index (χ1v) is 8.05. The van der Waals surface area contributed by atoms with Crippen LogP contribution >= 0.6 is 0 Å². The molecule has 1 unspecified atom stereocenters. The van der Waals surface area contributed by atoms with E-state index in [1.165, 1.54) is 0 Å². The number of likely N-dealkylation sites (N-methyl/N-ethyl adjacent to an activating group) is 1. The highest BCUT2D eigenvalue weighted by Gasteiger charge is 2.18. The van der Waals surface area contributed by atoms with Crippen LogP contribution in [-0.4, -0.2) is 38.1 Å². The van der Waals surface area contributed by atoms with Crippen molar-refractivity contribution in [1.82, 2.24) is 10.2 Å². The Bertz CT molecular complexity index is 671. The molecule has 24 heavy (non-hydrogen) atoms. The topological polar surface area (TPSA) is 54.7 Å². The maximum atomic E-state index is 12.1. The molecule has 5 heteroatoms. The fraction of sp³-hybridized carbons (Fsp3) is 0.421. The molecule has 1 amide bonds. The Labute approximate surface area is 143 Å². The Kier molecular flexibility index (Phi) is 6.04. The fourth-order valence-electron chi connectivity index (χ4n) is 2.60. The van der Waals surface area contributed by atoms with Gasteiger partial charge in [-0.25, -0.2) is 0 Å². The molecule has 0 fully saturated rings. The Morgan fingerprint density at radius 2 is 1.83 bits per heavy atom. The van der Waals surface area contributed by atoms with Crippen LogP contribution in [0.3, 0.4) is 0 Å². The molecule has 0 aliphatic rings. The average molecular weight is 330 g/mol. The molecule has 2 aromatic rings. The molecule has 1 heterocycles. The summed E-state index contributed by atoms with van der Waals surface area (Å²) in [7, 11) is 3.92. The van der Waals surface area contributed by atoms with E-state index in [1.54, 1.807) is 0 Å². The number of benzene rings is 1. The van der Waals surface area contributed by atoms with Gasteiger partial charge in [-0.3, -0.25) is 9.69 Å². The van der Waals surface area contributed by atoms with Crippen LogP contribution in [-0.2, 0) is 4.79 Å². The van der Waals surface area contributed by atoms with Crippen LogP contribution in [0, 0.1) is 20.8 Å². The van der Waals surface area contributed by atoms with Crippen molar-refractivity contribution in [2.45, 2.75) is 26.8 Å². The molecule has 0 aliphatic carbocycles. The smallest absolute Gasteiger partial charge is 0.258 e. The van der Waals surface area contributed by atoms with E-state index in [1.807, 2.05) is 64.0 Å². The Morgan fingerprint density at radius 1 is 1.17 bits per heavy atom. The van der Waals surface area contributed by atoms with Gasteiger partial charge in [-0.05, 0) is 70.3 Å². The van der Waals surface area contributed by atoms with Crippen molar-refractivity contribution in [2.75, 3.05) is 27.2 Å². The van der Waals surface area contributed by atoms with Gasteiger partial charge in [-0.1, -0.05) is 6.07 Å². The molecular weight excluding hydrogens is 304 g/mol.